The molecule has 2 aromatic rings. The SMILES string of the molecule is Cc1ccc(/C=N/S(=O)(=O)c2ccccc2C(=O)O)cc1. The third-order valence-electron chi connectivity index (χ3n) is 2.81. The van der Waals surface area contributed by atoms with Crippen LogP contribution in [0.3, 0.4) is 0 Å². The van der Waals surface area contributed by atoms with Gasteiger partial charge in [-0.2, -0.15) is 12.8 Å². The molecule has 0 heterocycles. The summed E-state index contributed by atoms with van der Waals surface area (Å²) in [6.45, 7) is 1.92. The lowest BCUT2D eigenvalue weighted by atomic mass is 10.2. The minimum absolute atomic E-state index is 0.293. The maximum Gasteiger partial charge on any atom is 0.337 e. The number of nitrogens with zero attached hydrogens (tertiary/aromatic N) is 1. The minimum atomic E-state index is -4.06. The fourth-order valence-electron chi connectivity index (χ4n) is 1.71. The van der Waals surface area contributed by atoms with Crippen molar-refractivity contribution in [3.63, 3.8) is 0 Å². The number of sulfonamides is 1. The zero-order chi connectivity index (χ0) is 15.5. The third-order valence-corrected chi connectivity index (χ3v) is 4.11. The molecule has 0 saturated heterocycles. The molecule has 2 rings (SSSR count). The van der Waals surface area contributed by atoms with Crippen LogP contribution in [0.25, 0.3) is 0 Å². The van der Waals surface area contributed by atoms with Crippen LogP contribution in [-0.4, -0.2) is 25.7 Å². The lowest BCUT2D eigenvalue weighted by Crippen LogP contribution is -2.07. The first-order valence-electron chi connectivity index (χ1n) is 6.09. The van der Waals surface area contributed by atoms with Crippen LogP contribution < -0.4 is 0 Å². The Morgan fingerprint density at radius 1 is 1.10 bits per heavy atom. The molecule has 21 heavy (non-hydrogen) atoms. The first kappa shape index (κ1) is 14.9. The van der Waals surface area contributed by atoms with E-state index in [4.69, 9.17) is 5.11 Å². The topological polar surface area (TPSA) is 83.8 Å². The van der Waals surface area contributed by atoms with Crippen LogP contribution in [0, 0.1) is 6.92 Å². The van der Waals surface area contributed by atoms with Gasteiger partial charge in [0.05, 0.1) is 5.56 Å². The van der Waals surface area contributed by atoms with Gasteiger partial charge < -0.3 is 5.11 Å². The van der Waals surface area contributed by atoms with Crippen molar-refractivity contribution in [2.75, 3.05) is 0 Å². The molecule has 0 aliphatic carbocycles. The van der Waals surface area contributed by atoms with E-state index >= 15 is 0 Å². The average molecular weight is 303 g/mol. The minimum Gasteiger partial charge on any atom is -0.478 e. The van der Waals surface area contributed by atoms with Crippen molar-refractivity contribution in [1.29, 1.82) is 0 Å². The molecule has 1 N–H and O–H groups in total. The second-order valence-electron chi connectivity index (χ2n) is 4.42. The Hall–Kier alpha value is -2.47. The van der Waals surface area contributed by atoms with Gasteiger partial charge in [0, 0.05) is 6.21 Å². The van der Waals surface area contributed by atoms with Gasteiger partial charge in [-0.25, -0.2) is 4.79 Å². The number of hydrogen-bond donors (Lipinski definition) is 1. The van der Waals surface area contributed by atoms with E-state index in [2.05, 4.69) is 4.40 Å². The fraction of sp³-hybridized carbons (Fsp3) is 0.0667. The number of aryl methyl sites for hydroxylation is 1. The van der Waals surface area contributed by atoms with Crippen molar-refractivity contribution in [3.05, 3.63) is 65.2 Å². The van der Waals surface area contributed by atoms with E-state index in [1.807, 2.05) is 19.1 Å². The van der Waals surface area contributed by atoms with Crippen LogP contribution in [0.2, 0.25) is 0 Å². The summed E-state index contributed by atoms with van der Waals surface area (Å²) in [4.78, 5) is 10.7. The number of carbonyl (C=O) groups is 1. The molecule has 0 aromatic heterocycles. The highest BCUT2D eigenvalue weighted by molar-refractivity contribution is 7.90. The van der Waals surface area contributed by atoms with Crippen LogP contribution in [0.1, 0.15) is 21.5 Å². The smallest absolute Gasteiger partial charge is 0.337 e. The summed E-state index contributed by atoms with van der Waals surface area (Å²) < 4.78 is 27.8. The Morgan fingerprint density at radius 2 is 1.71 bits per heavy atom. The number of aromatic carboxylic acids is 1. The van der Waals surface area contributed by atoms with Gasteiger partial charge in [0.1, 0.15) is 4.90 Å². The van der Waals surface area contributed by atoms with E-state index in [1.165, 1.54) is 30.5 Å². The molecule has 0 aliphatic heterocycles. The summed E-state index contributed by atoms with van der Waals surface area (Å²) in [5.41, 5.74) is 1.38. The van der Waals surface area contributed by atoms with Crippen LogP contribution in [0.15, 0.2) is 57.8 Å². The third kappa shape index (κ3) is 3.55. The molecule has 0 saturated carbocycles. The van der Waals surface area contributed by atoms with Gasteiger partial charge in [-0.05, 0) is 24.6 Å². The maximum absolute atomic E-state index is 12.1. The maximum atomic E-state index is 12.1. The van der Waals surface area contributed by atoms with E-state index in [9.17, 15) is 13.2 Å². The summed E-state index contributed by atoms with van der Waals surface area (Å²) in [6, 6.07) is 12.5. The number of rotatable bonds is 4. The van der Waals surface area contributed by atoms with Crippen molar-refractivity contribution in [2.24, 2.45) is 4.40 Å². The number of carboxylic acid groups (broad SMARTS) is 1. The number of carboxylic acids is 1. The summed E-state index contributed by atoms with van der Waals surface area (Å²) >= 11 is 0. The van der Waals surface area contributed by atoms with Gasteiger partial charge in [0.25, 0.3) is 10.0 Å². The number of benzene rings is 2. The van der Waals surface area contributed by atoms with Gasteiger partial charge in [0.2, 0.25) is 0 Å². The predicted molar refractivity (Wildman–Crippen MR) is 79.4 cm³/mol. The highest BCUT2D eigenvalue weighted by atomic mass is 32.2. The van der Waals surface area contributed by atoms with Crippen molar-refractivity contribution in [2.45, 2.75) is 11.8 Å². The monoisotopic (exact) mass is 303 g/mol. The van der Waals surface area contributed by atoms with E-state index in [-0.39, 0.29) is 10.5 Å². The van der Waals surface area contributed by atoms with Crippen LogP contribution in [-0.2, 0) is 10.0 Å². The van der Waals surface area contributed by atoms with Crippen LogP contribution in [0.5, 0.6) is 0 Å². The molecule has 0 bridgehead atoms. The summed E-state index contributed by atoms with van der Waals surface area (Å²) in [6.07, 6.45) is 1.20. The molecule has 6 heteroatoms. The van der Waals surface area contributed by atoms with Crippen LogP contribution in [0.4, 0.5) is 0 Å². The Labute approximate surface area is 122 Å². The van der Waals surface area contributed by atoms with Gasteiger partial charge >= 0.3 is 5.97 Å². The molecule has 0 spiro atoms. The average Bonchev–Trinajstić information content (AvgIpc) is 2.47. The molecular weight excluding hydrogens is 290 g/mol. The normalized spacial score (nSPS) is 11.7. The second-order valence-corrected chi connectivity index (χ2v) is 6.02. The summed E-state index contributed by atoms with van der Waals surface area (Å²) in [5.74, 6) is -1.31. The zero-order valence-corrected chi connectivity index (χ0v) is 12.0. The predicted octanol–water partition coefficient (Wildman–Crippen LogP) is 2.50. The van der Waals surface area contributed by atoms with Gasteiger partial charge in [-0.15, -0.1) is 0 Å². The highest BCUT2D eigenvalue weighted by Gasteiger charge is 2.20. The van der Waals surface area contributed by atoms with E-state index in [0.29, 0.717) is 5.56 Å². The molecule has 0 aliphatic rings. The standard InChI is InChI=1S/C15H13NO4S/c1-11-6-8-12(9-7-11)10-16-21(19,20)14-5-3-2-4-13(14)15(17)18/h2-10H,1H3,(H,17,18)/b16-10+. The molecule has 0 radical (unpaired) electrons. The van der Waals surface area contributed by atoms with Gasteiger partial charge in [-0.1, -0.05) is 42.0 Å². The first-order valence-corrected chi connectivity index (χ1v) is 7.53. The Morgan fingerprint density at radius 3 is 2.33 bits per heavy atom. The van der Waals surface area contributed by atoms with Crippen molar-refractivity contribution < 1.29 is 18.3 Å². The Balaban J connectivity index is 2.39. The van der Waals surface area contributed by atoms with Gasteiger partial charge in [0.15, 0.2) is 0 Å². The first-order chi connectivity index (χ1) is 9.90. The van der Waals surface area contributed by atoms with Crippen molar-refractivity contribution in [1.82, 2.24) is 0 Å². The lowest BCUT2D eigenvalue weighted by Gasteiger charge is -2.03. The summed E-state index contributed by atoms with van der Waals surface area (Å²) in [7, 11) is -4.06. The number of hydrogen-bond acceptors (Lipinski definition) is 3. The molecule has 0 unspecified atom stereocenters. The van der Waals surface area contributed by atoms with E-state index in [1.54, 1.807) is 12.1 Å². The van der Waals surface area contributed by atoms with Crippen LogP contribution >= 0.6 is 0 Å². The van der Waals surface area contributed by atoms with Crippen molar-refractivity contribution in [3.8, 4) is 0 Å². The molecule has 5 nitrogen and oxygen atoms in total. The lowest BCUT2D eigenvalue weighted by molar-refractivity contribution is 0.0692. The highest BCUT2D eigenvalue weighted by Crippen LogP contribution is 2.18. The van der Waals surface area contributed by atoms with E-state index < -0.39 is 16.0 Å². The quantitative estimate of drug-likeness (QED) is 0.880. The molecule has 0 atom stereocenters. The summed E-state index contributed by atoms with van der Waals surface area (Å²) in [5, 5.41) is 9.03. The van der Waals surface area contributed by atoms with Gasteiger partial charge in [-0.3, -0.25) is 0 Å². The molecule has 2 aromatic carbocycles. The molecule has 108 valence electrons. The second kappa shape index (κ2) is 5.88. The Kier molecular flexibility index (Phi) is 4.18. The van der Waals surface area contributed by atoms with E-state index in [0.717, 1.165) is 5.56 Å². The zero-order valence-electron chi connectivity index (χ0n) is 11.2. The molecular formula is C15H13NO4S. The molecule has 0 amide bonds. The largest absolute Gasteiger partial charge is 0.478 e. The fourth-order valence-corrected chi connectivity index (χ4v) is 2.77. The Bertz CT molecular complexity index is 793. The molecule has 0 fully saturated rings. The van der Waals surface area contributed by atoms with Crippen molar-refractivity contribution >= 4 is 22.2 Å².